The fraction of sp³-hybridized carbons (Fsp3) is 0.517. The summed E-state index contributed by atoms with van der Waals surface area (Å²) in [7, 11) is 0. The minimum absolute atomic E-state index is 0.110. The van der Waals surface area contributed by atoms with E-state index in [-0.39, 0.29) is 24.8 Å². The van der Waals surface area contributed by atoms with Crippen molar-refractivity contribution < 1.29 is 28.9 Å². The van der Waals surface area contributed by atoms with E-state index in [9.17, 15) is 14.7 Å². The van der Waals surface area contributed by atoms with E-state index in [1.54, 1.807) is 25.7 Å². The van der Waals surface area contributed by atoms with E-state index in [4.69, 9.17) is 14.2 Å². The smallest absolute Gasteiger partial charge is 0.407 e. The zero-order valence-electron chi connectivity index (χ0n) is 22.8. The molecule has 9 nitrogen and oxygen atoms in total. The molecule has 0 bridgehead atoms. The van der Waals surface area contributed by atoms with Gasteiger partial charge in [-0.05, 0) is 62.8 Å². The molecule has 2 aliphatic heterocycles. The molecule has 2 unspecified atom stereocenters. The molecule has 206 valence electrons. The highest BCUT2D eigenvalue weighted by molar-refractivity contribution is 5.85. The lowest BCUT2D eigenvalue weighted by Gasteiger charge is -2.29. The first-order valence-electron chi connectivity index (χ1n) is 13.2. The van der Waals surface area contributed by atoms with Gasteiger partial charge in [0, 0.05) is 6.54 Å². The summed E-state index contributed by atoms with van der Waals surface area (Å²) < 4.78 is 16.3. The zero-order chi connectivity index (χ0) is 27.4. The van der Waals surface area contributed by atoms with E-state index >= 15 is 0 Å². The van der Waals surface area contributed by atoms with Gasteiger partial charge < -0.3 is 29.5 Å². The molecule has 4 atom stereocenters. The van der Waals surface area contributed by atoms with Crippen LogP contribution in [-0.4, -0.2) is 65.3 Å². The van der Waals surface area contributed by atoms with Crippen LogP contribution >= 0.6 is 0 Å². The van der Waals surface area contributed by atoms with Crippen molar-refractivity contribution in [1.82, 2.24) is 15.5 Å². The van der Waals surface area contributed by atoms with Crippen molar-refractivity contribution in [3.05, 3.63) is 59.7 Å². The predicted octanol–water partition coefficient (Wildman–Crippen LogP) is 3.24. The molecule has 3 N–H and O–H groups in total. The van der Waals surface area contributed by atoms with Crippen molar-refractivity contribution in [2.24, 2.45) is 5.92 Å². The van der Waals surface area contributed by atoms with Gasteiger partial charge in [-0.1, -0.05) is 50.2 Å². The van der Waals surface area contributed by atoms with E-state index in [0.717, 1.165) is 16.9 Å². The Kier molecular flexibility index (Phi) is 8.47. The summed E-state index contributed by atoms with van der Waals surface area (Å²) in [5.41, 5.74) is 1.27. The van der Waals surface area contributed by atoms with Gasteiger partial charge in [0.05, 0.1) is 18.3 Å². The average Bonchev–Trinajstić information content (AvgIpc) is 3.45. The molecule has 38 heavy (non-hydrogen) atoms. The number of carbonyl (C=O) groups excluding carboxylic acids is 2. The molecule has 0 aromatic heterocycles. The maximum Gasteiger partial charge on any atom is 0.407 e. The van der Waals surface area contributed by atoms with Gasteiger partial charge in [-0.2, -0.15) is 0 Å². The van der Waals surface area contributed by atoms with Crippen LogP contribution in [0.15, 0.2) is 48.5 Å². The van der Waals surface area contributed by atoms with Gasteiger partial charge in [-0.25, -0.2) is 4.79 Å². The number of aliphatic hydroxyl groups is 1. The van der Waals surface area contributed by atoms with Crippen LogP contribution in [0.25, 0.3) is 0 Å². The summed E-state index contributed by atoms with van der Waals surface area (Å²) in [5.74, 6) is 1.34. The summed E-state index contributed by atoms with van der Waals surface area (Å²) in [4.78, 5) is 28.1. The van der Waals surface area contributed by atoms with E-state index in [1.807, 2.05) is 62.4 Å². The Balaban J connectivity index is 1.49. The first kappa shape index (κ1) is 27.7. The third-order valence-electron chi connectivity index (χ3n) is 6.70. The van der Waals surface area contributed by atoms with Gasteiger partial charge >= 0.3 is 6.09 Å². The zero-order valence-corrected chi connectivity index (χ0v) is 22.8. The lowest BCUT2D eigenvalue weighted by Crippen LogP contribution is -2.55. The first-order chi connectivity index (χ1) is 18.0. The Morgan fingerprint density at radius 3 is 2.53 bits per heavy atom. The van der Waals surface area contributed by atoms with E-state index in [1.165, 1.54) is 0 Å². The molecule has 0 aliphatic carbocycles. The number of ether oxygens (including phenoxy) is 3. The third kappa shape index (κ3) is 6.76. The van der Waals surface area contributed by atoms with Crippen LogP contribution in [0, 0.1) is 5.92 Å². The summed E-state index contributed by atoms with van der Waals surface area (Å²) in [6, 6.07) is 13.7. The minimum atomic E-state index is -1.17. The van der Waals surface area contributed by atoms with Crippen molar-refractivity contribution in [2.45, 2.75) is 77.4 Å². The van der Waals surface area contributed by atoms with Crippen molar-refractivity contribution in [2.75, 3.05) is 13.3 Å². The number of alkyl carbamates (subject to hydrolysis) is 1. The number of hydrogen-bond donors (Lipinski definition) is 3. The lowest BCUT2D eigenvalue weighted by atomic mass is 9.96. The van der Waals surface area contributed by atoms with Gasteiger partial charge in [0.2, 0.25) is 12.7 Å². The third-order valence-corrected chi connectivity index (χ3v) is 6.70. The molecular formula is C29H39N3O6. The maximum atomic E-state index is 13.7. The quantitative estimate of drug-likeness (QED) is 0.461. The second-order valence-corrected chi connectivity index (χ2v) is 11.2. The molecule has 2 amide bonds. The van der Waals surface area contributed by atoms with Crippen LogP contribution in [-0.2, 0) is 22.4 Å². The van der Waals surface area contributed by atoms with E-state index in [2.05, 4.69) is 10.6 Å². The standard InChI is InChI=1S/C29H39N3O6/c1-18(2)26-31-24(27(34)32(26)14-13-20-11-12-22-23(16-20)37-17-36-22)25(33)21(15-19-9-7-6-8-10-19)30-28(35)38-29(3,4)5/h6-12,16,18,21,24-26,31,33H,13-15,17H2,1-5H3,(H,30,35)/t21-,24?,25+,26?/m0/s1. The molecule has 9 heteroatoms. The van der Waals surface area contributed by atoms with Gasteiger partial charge in [0.1, 0.15) is 11.6 Å². The SMILES string of the molecule is CC(C)C1NC([C@H](O)[C@H](Cc2ccccc2)NC(=O)OC(C)(C)C)C(=O)N1CCc1ccc2c(c1)OCO2. The van der Waals surface area contributed by atoms with Crippen LogP contribution < -0.4 is 20.1 Å². The molecule has 2 aliphatic rings. The topological polar surface area (TPSA) is 109 Å². The number of nitrogens with zero attached hydrogens (tertiary/aromatic N) is 1. The minimum Gasteiger partial charge on any atom is -0.454 e. The molecule has 2 aromatic carbocycles. The molecule has 0 saturated carbocycles. The average molecular weight is 526 g/mol. The molecule has 2 aromatic rings. The molecular weight excluding hydrogens is 486 g/mol. The summed E-state index contributed by atoms with van der Waals surface area (Å²) in [6.07, 6.45) is -1.10. The summed E-state index contributed by atoms with van der Waals surface area (Å²) in [6.45, 7) is 10.1. The van der Waals surface area contributed by atoms with Crippen LogP contribution in [0.1, 0.15) is 45.7 Å². The van der Waals surface area contributed by atoms with Crippen LogP contribution in [0.3, 0.4) is 0 Å². The van der Waals surface area contributed by atoms with Crippen LogP contribution in [0.4, 0.5) is 4.79 Å². The lowest BCUT2D eigenvalue weighted by molar-refractivity contribution is -0.132. The molecule has 1 fully saturated rings. The monoisotopic (exact) mass is 525 g/mol. The van der Waals surface area contributed by atoms with E-state index in [0.29, 0.717) is 25.1 Å². The predicted molar refractivity (Wildman–Crippen MR) is 143 cm³/mol. The Morgan fingerprint density at radius 2 is 1.84 bits per heavy atom. The molecule has 4 rings (SSSR count). The highest BCUT2D eigenvalue weighted by Crippen LogP contribution is 2.33. The van der Waals surface area contributed by atoms with Crippen molar-refractivity contribution in [3.8, 4) is 11.5 Å². The Hall–Kier alpha value is -3.30. The number of nitrogens with one attached hydrogen (secondary N) is 2. The Morgan fingerprint density at radius 1 is 1.13 bits per heavy atom. The Labute approximate surface area is 224 Å². The van der Waals surface area contributed by atoms with Crippen molar-refractivity contribution in [1.29, 1.82) is 0 Å². The highest BCUT2D eigenvalue weighted by Gasteiger charge is 2.46. The first-order valence-corrected chi connectivity index (χ1v) is 13.2. The number of hydrogen-bond acceptors (Lipinski definition) is 7. The largest absolute Gasteiger partial charge is 0.454 e. The van der Waals surface area contributed by atoms with Gasteiger partial charge in [-0.15, -0.1) is 0 Å². The summed E-state index contributed by atoms with van der Waals surface area (Å²) >= 11 is 0. The van der Waals surface area contributed by atoms with Gasteiger partial charge in [0.15, 0.2) is 11.5 Å². The maximum absolute atomic E-state index is 13.7. The Bertz CT molecular complexity index is 1120. The number of benzene rings is 2. The second-order valence-electron chi connectivity index (χ2n) is 11.2. The number of fused-ring (bicyclic) bond motifs is 1. The second kappa shape index (κ2) is 11.6. The van der Waals surface area contributed by atoms with Crippen molar-refractivity contribution in [3.63, 3.8) is 0 Å². The van der Waals surface area contributed by atoms with Crippen LogP contribution in [0.5, 0.6) is 11.5 Å². The highest BCUT2D eigenvalue weighted by atomic mass is 16.7. The fourth-order valence-electron chi connectivity index (χ4n) is 4.87. The fourth-order valence-corrected chi connectivity index (χ4v) is 4.87. The molecule has 1 saturated heterocycles. The summed E-state index contributed by atoms with van der Waals surface area (Å²) in [5, 5.41) is 17.6. The molecule has 0 radical (unpaired) electrons. The van der Waals surface area contributed by atoms with Crippen molar-refractivity contribution >= 4 is 12.0 Å². The molecule has 0 spiro atoms. The van der Waals surface area contributed by atoms with Gasteiger partial charge in [0.25, 0.3) is 0 Å². The number of aliphatic hydroxyl groups excluding tert-OH is 1. The van der Waals surface area contributed by atoms with Crippen LogP contribution in [0.2, 0.25) is 0 Å². The number of carbonyl (C=O) groups is 2. The van der Waals surface area contributed by atoms with E-state index < -0.39 is 29.9 Å². The number of rotatable bonds is 9. The normalized spacial score (nSPS) is 20.5. The van der Waals surface area contributed by atoms with Gasteiger partial charge in [-0.3, -0.25) is 10.1 Å². The number of amides is 2. The molecule has 2 heterocycles.